The van der Waals surface area contributed by atoms with Crippen LogP contribution in [0.2, 0.25) is 0 Å². The molecule has 0 aliphatic carbocycles. The number of benzene rings is 1. The number of rotatable bonds is 4. The maximum Gasteiger partial charge on any atom is 0.243 e. The average molecular weight is 334 g/mol. The minimum absolute atomic E-state index is 0.0121. The third-order valence-corrected chi connectivity index (χ3v) is 6.81. The van der Waals surface area contributed by atoms with Crippen LogP contribution in [0, 0.1) is 0 Å². The van der Waals surface area contributed by atoms with Gasteiger partial charge in [-0.1, -0.05) is 0 Å². The lowest BCUT2D eigenvalue weighted by atomic mass is 10.1. The third-order valence-electron chi connectivity index (χ3n) is 3.46. The first-order valence-electron chi connectivity index (χ1n) is 6.49. The molecule has 0 aromatic heterocycles. The second-order valence-electron chi connectivity index (χ2n) is 4.81. The van der Waals surface area contributed by atoms with Crippen LogP contribution < -0.4 is 4.72 Å². The van der Waals surface area contributed by atoms with Gasteiger partial charge in [0.25, 0.3) is 0 Å². The van der Waals surface area contributed by atoms with Gasteiger partial charge < -0.3 is 5.11 Å². The van der Waals surface area contributed by atoms with Gasteiger partial charge in [-0.15, -0.1) is 0 Å². The van der Waals surface area contributed by atoms with Crippen LogP contribution in [0.1, 0.15) is 12.8 Å². The number of nitrogens with zero attached hydrogens (tertiary/aromatic N) is 1. The van der Waals surface area contributed by atoms with Crippen LogP contribution in [0.4, 0.5) is 0 Å². The number of sulfonamides is 2. The summed E-state index contributed by atoms with van der Waals surface area (Å²) in [6.45, 7) is 0.528. The zero-order valence-corrected chi connectivity index (χ0v) is 13.2. The van der Waals surface area contributed by atoms with Crippen LogP contribution in [-0.4, -0.2) is 52.5 Å². The number of hydrogen-bond donors (Lipinski definition) is 2. The second-order valence-corrected chi connectivity index (χ2v) is 8.64. The molecule has 0 amide bonds. The highest BCUT2D eigenvalue weighted by molar-refractivity contribution is 7.89. The van der Waals surface area contributed by atoms with E-state index in [1.165, 1.54) is 35.6 Å². The molecule has 21 heavy (non-hydrogen) atoms. The Labute approximate surface area is 124 Å². The minimum Gasteiger partial charge on any atom is -0.393 e. The maximum absolute atomic E-state index is 12.4. The van der Waals surface area contributed by atoms with Crippen molar-refractivity contribution in [1.82, 2.24) is 9.03 Å². The summed E-state index contributed by atoms with van der Waals surface area (Å²) in [4.78, 5) is 0.0620. The number of nitrogens with one attached hydrogen (secondary N) is 1. The molecule has 0 saturated carbocycles. The molecular weight excluding hydrogens is 316 g/mol. The molecule has 0 radical (unpaired) electrons. The van der Waals surface area contributed by atoms with Crippen molar-refractivity contribution in [2.45, 2.75) is 28.7 Å². The van der Waals surface area contributed by atoms with E-state index in [1.54, 1.807) is 0 Å². The fourth-order valence-electron chi connectivity index (χ4n) is 2.14. The molecule has 2 rings (SSSR count). The monoisotopic (exact) mass is 334 g/mol. The number of piperidine rings is 1. The van der Waals surface area contributed by atoms with E-state index in [1.807, 2.05) is 0 Å². The van der Waals surface area contributed by atoms with Gasteiger partial charge in [-0.25, -0.2) is 21.6 Å². The lowest BCUT2D eigenvalue weighted by Gasteiger charge is -2.28. The third kappa shape index (κ3) is 3.43. The first-order chi connectivity index (χ1) is 9.77. The van der Waals surface area contributed by atoms with Crippen molar-refractivity contribution >= 4 is 20.0 Å². The summed E-state index contributed by atoms with van der Waals surface area (Å²) in [5.41, 5.74) is 0. The van der Waals surface area contributed by atoms with E-state index in [0.717, 1.165) is 0 Å². The van der Waals surface area contributed by atoms with Crippen LogP contribution in [0.5, 0.6) is 0 Å². The van der Waals surface area contributed by atoms with Crippen LogP contribution in [0.15, 0.2) is 34.1 Å². The number of hydrogen-bond acceptors (Lipinski definition) is 5. The Morgan fingerprint density at radius 1 is 1.05 bits per heavy atom. The van der Waals surface area contributed by atoms with Gasteiger partial charge >= 0.3 is 0 Å². The molecule has 0 bridgehead atoms. The van der Waals surface area contributed by atoms with Gasteiger partial charge in [-0.05, 0) is 44.2 Å². The fraction of sp³-hybridized carbons (Fsp3) is 0.500. The summed E-state index contributed by atoms with van der Waals surface area (Å²) in [5.74, 6) is 0. The zero-order valence-electron chi connectivity index (χ0n) is 11.6. The molecule has 1 aliphatic heterocycles. The van der Waals surface area contributed by atoms with Gasteiger partial charge in [0.1, 0.15) is 0 Å². The van der Waals surface area contributed by atoms with Crippen molar-refractivity contribution in [3.05, 3.63) is 24.3 Å². The summed E-state index contributed by atoms with van der Waals surface area (Å²) in [5, 5.41) is 9.42. The predicted molar refractivity (Wildman–Crippen MR) is 76.7 cm³/mol. The second kappa shape index (κ2) is 6.01. The van der Waals surface area contributed by atoms with Crippen LogP contribution in [0.25, 0.3) is 0 Å². The maximum atomic E-state index is 12.4. The first kappa shape index (κ1) is 16.4. The van der Waals surface area contributed by atoms with Gasteiger partial charge in [-0.3, -0.25) is 0 Å². The van der Waals surface area contributed by atoms with E-state index in [2.05, 4.69) is 4.72 Å². The molecule has 1 aromatic rings. The smallest absolute Gasteiger partial charge is 0.243 e. The largest absolute Gasteiger partial charge is 0.393 e. The summed E-state index contributed by atoms with van der Waals surface area (Å²) >= 11 is 0. The van der Waals surface area contributed by atoms with Crippen LogP contribution >= 0.6 is 0 Å². The molecule has 118 valence electrons. The molecule has 0 unspecified atom stereocenters. The van der Waals surface area contributed by atoms with Crippen molar-refractivity contribution in [3.8, 4) is 0 Å². The molecule has 1 aliphatic rings. The zero-order chi connectivity index (χ0) is 15.7. The van der Waals surface area contributed by atoms with Gasteiger partial charge in [-0.2, -0.15) is 4.31 Å². The van der Waals surface area contributed by atoms with E-state index >= 15 is 0 Å². The van der Waals surface area contributed by atoms with Crippen molar-refractivity contribution < 1.29 is 21.9 Å². The summed E-state index contributed by atoms with van der Waals surface area (Å²) in [6.07, 6.45) is 0.358. The summed E-state index contributed by atoms with van der Waals surface area (Å²) in [6, 6.07) is 5.09. The molecule has 1 heterocycles. The minimum atomic E-state index is -3.65. The van der Waals surface area contributed by atoms with E-state index < -0.39 is 26.2 Å². The Balaban J connectivity index is 2.26. The van der Waals surface area contributed by atoms with Crippen LogP contribution in [0.3, 0.4) is 0 Å². The molecule has 1 aromatic carbocycles. The SMILES string of the molecule is CNS(=O)(=O)c1ccc(S(=O)(=O)N2CCC(O)CC2)cc1. The molecule has 7 nitrogen and oxygen atoms in total. The number of aliphatic hydroxyl groups excluding tert-OH is 1. The molecule has 1 fully saturated rings. The van der Waals surface area contributed by atoms with Crippen molar-refractivity contribution in [2.24, 2.45) is 0 Å². The first-order valence-corrected chi connectivity index (χ1v) is 9.41. The highest BCUT2D eigenvalue weighted by atomic mass is 32.2. The Kier molecular flexibility index (Phi) is 4.69. The Morgan fingerprint density at radius 3 is 2.00 bits per heavy atom. The topological polar surface area (TPSA) is 104 Å². The van der Waals surface area contributed by atoms with E-state index in [4.69, 9.17) is 0 Å². The summed E-state index contributed by atoms with van der Waals surface area (Å²) in [7, 11) is -5.94. The quantitative estimate of drug-likeness (QED) is 0.789. The Morgan fingerprint density at radius 2 is 1.52 bits per heavy atom. The Bertz CT molecular complexity index is 690. The van der Waals surface area contributed by atoms with Crippen molar-refractivity contribution in [2.75, 3.05) is 20.1 Å². The predicted octanol–water partition coefficient (Wildman–Crippen LogP) is -0.260. The van der Waals surface area contributed by atoms with E-state index in [-0.39, 0.29) is 22.9 Å². The standard InChI is InChI=1S/C12H18N2O5S2/c1-13-20(16,17)11-2-4-12(5-3-11)21(18,19)14-8-6-10(15)7-9-14/h2-5,10,13,15H,6-9H2,1H3. The molecule has 0 spiro atoms. The fourth-order valence-corrected chi connectivity index (χ4v) is 4.34. The van der Waals surface area contributed by atoms with Gasteiger partial charge in [0.2, 0.25) is 20.0 Å². The van der Waals surface area contributed by atoms with Crippen LogP contribution in [-0.2, 0) is 20.0 Å². The summed E-state index contributed by atoms with van der Waals surface area (Å²) < 4.78 is 51.5. The molecular formula is C12H18N2O5S2. The van der Waals surface area contributed by atoms with Crippen molar-refractivity contribution in [3.63, 3.8) is 0 Å². The molecule has 2 N–H and O–H groups in total. The van der Waals surface area contributed by atoms with Crippen molar-refractivity contribution in [1.29, 1.82) is 0 Å². The Hall–Kier alpha value is -1.00. The van der Waals surface area contributed by atoms with E-state index in [9.17, 15) is 21.9 Å². The highest BCUT2D eigenvalue weighted by Crippen LogP contribution is 2.22. The van der Waals surface area contributed by atoms with Gasteiger partial charge in [0.15, 0.2) is 0 Å². The molecule has 0 atom stereocenters. The highest BCUT2D eigenvalue weighted by Gasteiger charge is 2.28. The van der Waals surface area contributed by atoms with Gasteiger partial charge in [0.05, 0.1) is 15.9 Å². The lowest BCUT2D eigenvalue weighted by molar-refractivity contribution is 0.113. The molecule has 1 saturated heterocycles. The lowest BCUT2D eigenvalue weighted by Crippen LogP contribution is -2.40. The normalized spacial score (nSPS) is 18.8. The average Bonchev–Trinajstić information content (AvgIpc) is 2.48. The van der Waals surface area contributed by atoms with Gasteiger partial charge in [0, 0.05) is 13.1 Å². The van der Waals surface area contributed by atoms with E-state index in [0.29, 0.717) is 12.8 Å². The molecule has 9 heteroatoms. The number of aliphatic hydroxyl groups is 1.